The average Bonchev–Trinajstić information content (AvgIpc) is 2.53. The van der Waals surface area contributed by atoms with Crippen LogP contribution in [0.2, 0.25) is 0 Å². The van der Waals surface area contributed by atoms with E-state index >= 15 is 0 Å². The van der Waals surface area contributed by atoms with Crippen LogP contribution >= 0.6 is 0 Å². The van der Waals surface area contributed by atoms with Crippen LogP contribution in [0.5, 0.6) is 11.5 Å². The molecule has 1 aromatic rings. The van der Waals surface area contributed by atoms with Crippen molar-refractivity contribution in [2.24, 2.45) is 5.92 Å². The van der Waals surface area contributed by atoms with Gasteiger partial charge in [0.25, 0.3) is 5.91 Å². The summed E-state index contributed by atoms with van der Waals surface area (Å²) in [7, 11) is 2.76. The summed E-state index contributed by atoms with van der Waals surface area (Å²) < 4.78 is 24.3. The molecule has 2 rings (SSSR count). The molecule has 6 nitrogen and oxygen atoms in total. The third kappa shape index (κ3) is 3.44. The van der Waals surface area contributed by atoms with Crippen molar-refractivity contribution in [3.63, 3.8) is 0 Å². The molecular formula is C17H22FNO5. The van der Waals surface area contributed by atoms with Crippen molar-refractivity contribution in [2.75, 3.05) is 14.2 Å². The molecule has 0 aliphatic heterocycles. The summed E-state index contributed by atoms with van der Waals surface area (Å²) in [6.45, 7) is 1.70. The lowest BCUT2D eigenvalue weighted by Crippen LogP contribution is -2.55. The number of rotatable bonds is 5. The van der Waals surface area contributed by atoms with E-state index in [2.05, 4.69) is 5.32 Å². The molecule has 0 saturated heterocycles. The summed E-state index contributed by atoms with van der Waals surface area (Å²) in [6.07, 6.45) is 2.63. The van der Waals surface area contributed by atoms with Crippen molar-refractivity contribution in [3.05, 3.63) is 23.5 Å². The number of methoxy groups -OCH3 is 2. The Hall–Kier alpha value is -2.31. The van der Waals surface area contributed by atoms with Crippen molar-refractivity contribution in [1.82, 2.24) is 5.32 Å². The van der Waals surface area contributed by atoms with Gasteiger partial charge in [-0.15, -0.1) is 0 Å². The zero-order valence-corrected chi connectivity index (χ0v) is 14.0. The molecule has 24 heavy (non-hydrogen) atoms. The van der Waals surface area contributed by atoms with Gasteiger partial charge in [0.1, 0.15) is 5.82 Å². The normalized spacial score (nSPS) is 23.4. The Morgan fingerprint density at radius 2 is 1.88 bits per heavy atom. The van der Waals surface area contributed by atoms with Crippen LogP contribution in [0.3, 0.4) is 0 Å². The molecule has 0 aromatic heterocycles. The second kappa shape index (κ2) is 7.07. The quantitative estimate of drug-likeness (QED) is 0.861. The van der Waals surface area contributed by atoms with Crippen LogP contribution in [0.4, 0.5) is 4.39 Å². The Morgan fingerprint density at radius 3 is 2.46 bits per heavy atom. The summed E-state index contributed by atoms with van der Waals surface area (Å²) in [5.74, 6) is -2.66. The van der Waals surface area contributed by atoms with Gasteiger partial charge in [-0.25, -0.2) is 4.39 Å². The van der Waals surface area contributed by atoms with E-state index < -0.39 is 29.2 Å². The van der Waals surface area contributed by atoms with Crippen molar-refractivity contribution in [1.29, 1.82) is 0 Å². The molecule has 1 aliphatic carbocycles. The summed E-state index contributed by atoms with van der Waals surface area (Å²) in [5, 5.41) is 12.1. The molecule has 1 fully saturated rings. The minimum Gasteiger partial charge on any atom is -0.493 e. The monoisotopic (exact) mass is 339 g/mol. The van der Waals surface area contributed by atoms with E-state index in [0.29, 0.717) is 12.8 Å². The fourth-order valence-corrected chi connectivity index (χ4v) is 3.23. The molecule has 2 unspecified atom stereocenters. The molecule has 2 N–H and O–H groups in total. The van der Waals surface area contributed by atoms with E-state index in [1.807, 2.05) is 0 Å². The van der Waals surface area contributed by atoms with Crippen molar-refractivity contribution >= 4 is 11.9 Å². The Balaban J connectivity index is 2.30. The lowest BCUT2D eigenvalue weighted by atomic mass is 9.73. The Bertz CT molecular complexity index is 648. The number of carbonyl (C=O) groups is 2. The first kappa shape index (κ1) is 18.0. The summed E-state index contributed by atoms with van der Waals surface area (Å²) in [6, 6.07) is 2.33. The van der Waals surface area contributed by atoms with Crippen molar-refractivity contribution < 1.29 is 28.6 Å². The Morgan fingerprint density at radius 1 is 1.25 bits per heavy atom. The first-order valence-electron chi connectivity index (χ1n) is 7.79. The largest absolute Gasteiger partial charge is 0.493 e. The number of hydrogen-bond donors (Lipinski definition) is 2. The van der Waals surface area contributed by atoms with Gasteiger partial charge in [0, 0.05) is 6.07 Å². The van der Waals surface area contributed by atoms with Crippen molar-refractivity contribution in [2.45, 2.75) is 38.1 Å². The summed E-state index contributed by atoms with van der Waals surface area (Å²) >= 11 is 0. The minimum atomic E-state index is -0.953. The van der Waals surface area contributed by atoms with E-state index in [-0.39, 0.29) is 17.1 Å². The van der Waals surface area contributed by atoms with E-state index in [0.717, 1.165) is 18.9 Å². The second-order valence-corrected chi connectivity index (χ2v) is 6.20. The smallest absolute Gasteiger partial charge is 0.308 e. The average molecular weight is 339 g/mol. The Kier molecular flexibility index (Phi) is 5.31. The van der Waals surface area contributed by atoms with Gasteiger partial charge in [-0.2, -0.15) is 0 Å². The zero-order valence-electron chi connectivity index (χ0n) is 14.0. The Labute approximate surface area is 139 Å². The first-order chi connectivity index (χ1) is 11.3. The third-order valence-corrected chi connectivity index (χ3v) is 4.62. The number of amides is 1. The van der Waals surface area contributed by atoms with Gasteiger partial charge in [-0.05, 0) is 25.8 Å². The van der Waals surface area contributed by atoms with Crippen LogP contribution < -0.4 is 14.8 Å². The van der Waals surface area contributed by atoms with E-state index in [4.69, 9.17) is 9.47 Å². The molecule has 7 heteroatoms. The second-order valence-electron chi connectivity index (χ2n) is 6.20. The molecule has 0 heterocycles. The van der Waals surface area contributed by atoms with Crippen LogP contribution in [0.1, 0.15) is 43.0 Å². The standard InChI is InChI=1S/C17H22FNO5/c1-17(7-5-4-6-11(17)16(21)22)19-15(20)10-8-13(23-2)14(24-3)9-12(10)18/h8-9,11H,4-7H2,1-3H3,(H,19,20)(H,21,22). The number of carboxylic acid groups (broad SMARTS) is 1. The predicted molar refractivity (Wildman–Crippen MR) is 85.0 cm³/mol. The molecule has 2 atom stereocenters. The highest BCUT2D eigenvalue weighted by Gasteiger charge is 2.42. The number of halogens is 1. The zero-order chi connectivity index (χ0) is 17.9. The van der Waals surface area contributed by atoms with Gasteiger partial charge < -0.3 is 19.9 Å². The number of hydrogen-bond acceptors (Lipinski definition) is 4. The molecule has 0 spiro atoms. The highest BCUT2D eigenvalue weighted by Crippen LogP contribution is 2.35. The minimum absolute atomic E-state index is 0.179. The molecule has 0 bridgehead atoms. The lowest BCUT2D eigenvalue weighted by Gasteiger charge is -2.39. The summed E-state index contributed by atoms with van der Waals surface area (Å²) in [5.41, 5.74) is -1.12. The van der Waals surface area contributed by atoms with Crippen LogP contribution in [0.25, 0.3) is 0 Å². The SMILES string of the molecule is COc1cc(F)c(C(=O)NC2(C)CCCCC2C(=O)O)cc1OC. The topological polar surface area (TPSA) is 84.9 Å². The first-order valence-corrected chi connectivity index (χ1v) is 7.79. The van der Waals surface area contributed by atoms with Gasteiger partial charge in [-0.3, -0.25) is 9.59 Å². The third-order valence-electron chi connectivity index (χ3n) is 4.62. The highest BCUT2D eigenvalue weighted by atomic mass is 19.1. The molecular weight excluding hydrogens is 317 g/mol. The maximum atomic E-state index is 14.2. The van der Waals surface area contributed by atoms with Crippen LogP contribution in [0.15, 0.2) is 12.1 Å². The lowest BCUT2D eigenvalue weighted by molar-refractivity contribution is -0.145. The van der Waals surface area contributed by atoms with Gasteiger partial charge in [0.2, 0.25) is 0 Å². The predicted octanol–water partition coefficient (Wildman–Crippen LogP) is 2.61. The van der Waals surface area contributed by atoms with E-state index in [9.17, 15) is 19.1 Å². The molecule has 1 aliphatic rings. The molecule has 1 amide bonds. The molecule has 1 saturated carbocycles. The van der Waals surface area contributed by atoms with Crippen LogP contribution in [-0.4, -0.2) is 36.7 Å². The van der Waals surface area contributed by atoms with Gasteiger partial charge in [0.15, 0.2) is 11.5 Å². The van der Waals surface area contributed by atoms with Crippen molar-refractivity contribution in [3.8, 4) is 11.5 Å². The number of carbonyl (C=O) groups excluding carboxylic acids is 1. The number of nitrogens with one attached hydrogen (secondary N) is 1. The summed E-state index contributed by atoms with van der Waals surface area (Å²) in [4.78, 5) is 24.0. The van der Waals surface area contributed by atoms with Crippen LogP contribution in [-0.2, 0) is 4.79 Å². The van der Waals surface area contributed by atoms with E-state index in [1.165, 1.54) is 20.3 Å². The highest BCUT2D eigenvalue weighted by molar-refractivity contribution is 5.96. The maximum Gasteiger partial charge on any atom is 0.308 e. The van der Waals surface area contributed by atoms with Gasteiger partial charge >= 0.3 is 5.97 Å². The molecule has 0 radical (unpaired) electrons. The number of ether oxygens (including phenoxy) is 2. The fraction of sp³-hybridized carbons (Fsp3) is 0.529. The van der Waals surface area contributed by atoms with Crippen LogP contribution in [0, 0.1) is 11.7 Å². The molecule has 132 valence electrons. The van der Waals surface area contributed by atoms with Gasteiger partial charge in [-0.1, -0.05) is 12.8 Å². The van der Waals surface area contributed by atoms with E-state index in [1.54, 1.807) is 6.92 Å². The number of benzene rings is 1. The number of carboxylic acids is 1. The fourth-order valence-electron chi connectivity index (χ4n) is 3.23. The maximum absolute atomic E-state index is 14.2. The molecule has 1 aromatic carbocycles. The number of aliphatic carboxylic acids is 1. The van der Waals surface area contributed by atoms with Gasteiger partial charge in [0.05, 0.1) is 31.2 Å².